The molecule has 2 heterocycles. The smallest absolute Gasteiger partial charge is 0.262 e. The Morgan fingerprint density at radius 3 is 2.39 bits per heavy atom. The molecule has 3 rings (SSSR count). The zero-order valence-corrected chi connectivity index (χ0v) is 13.3. The highest BCUT2D eigenvalue weighted by Gasteiger charge is 2.36. The number of imide groups is 1. The van der Waals surface area contributed by atoms with Gasteiger partial charge in [-0.15, -0.1) is 0 Å². The zero-order valence-electron chi connectivity index (χ0n) is 13.3. The molecule has 2 aliphatic rings. The number of benzene rings is 1. The fourth-order valence-electron chi connectivity index (χ4n) is 3.03. The Labute approximate surface area is 134 Å². The lowest BCUT2D eigenvalue weighted by Crippen LogP contribution is -2.42. The highest BCUT2D eigenvalue weighted by atomic mass is 16.5. The van der Waals surface area contributed by atoms with E-state index in [-0.39, 0.29) is 24.2 Å². The monoisotopic (exact) mass is 316 g/mol. The lowest BCUT2D eigenvalue weighted by molar-refractivity contribution is -0.122. The van der Waals surface area contributed by atoms with Crippen molar-refractivity contribution < 1.29 is 19.1 Å². The van der Waals surface area contributed by atoms with Crippen LogP contribution in [0.1, 0.15) is 47.4 Å². The molecular weight excluding hydrogens is 296 g/mol. The van der Waals surface area contributed by atoms with Crippen molar-refractivity contribution in [1.29, 1.82) is 0 Å². The Balaban J connectivity index is 1.55. The summed E-state index contributed by atoms with van der Waals surface area (Å²) in [7, 11) is 0. The Bertz CT molecular complexity index is 633. The molecule has 0 aliphatic carbocycles. The standard InChI is InChI=1S/C17H20N2O4/c1-17(2)8-7-11(23-17)9-18-14(20)10-19-15(21)12-5-3-4-6-13(12)16(19)22/h3-6,11H,7-10H2,1-2H3,(H,18,20)/t11-/m1/s1. The summed E-state index contributed by atoms with van der Waals surface area (Å²) in [6.07, 6.45) is 1.82. The summed E-state index contributed by atoms with van der Waals surface area (Å²) >= 11 is 0. The number of hydrogen-bond acceptors (Lipinski definition) is 4. The number of fused-ring (bicyclic) bond motifs is 1. The molecule has 1 fully saturated rings. The van der Waals surface area contributed by atoms with Crippen LogP contribution < -0.4 is 5.32 Å². The van der Waals surface area contributed by atoms with E-state index in [0.717, 1.165) is 17.7 Å². The van der Waals surface area contributed by atoms with Gasteiger partial charge in [-0.1, -0.05) is 12.1 Å². The predicted octanol–water partition coefficient (Wildman–Crippen LogP) is 1.36. The van der Waals surface area contributed by atoms with Crippen LogP contribution >= 0.6 is 0 Å². The average molecular weight is 316 g/mol. The van der Waals surface area contributed by atoms with E-state index >= 15 is 0 Å². The van der Waals surface area contributed by atoms with Crippen LogP contribution in [-0.2, 0) is 9.53 Å². The lowest BCUT2D eigenvalue weighted by atomic mass is 10.1. The number of nitrogens with zero attached hydrogens (tertiary/aromatic N) is 1. The number of carbonyl (C=O) groups excluding carboxylic acids is 3. The largest absolute Gasteiger partial charge is 0.371 e. The van der Waals surface area contributed by atoms with E-state index in [0.29, 0.717) is 17.7 Å². The second-order valence-corrected chi connectivity index (χ2v) is 6.58. The van der Waals surface area contributed by atoms with Gasteiger partial charge in [-0.3, -0.25) is 19.3 Å². The van der Waals surface area contributed by atoms with E-state index in [9.17, 15) is 14.4 Å². The van der Waals surface area contributed by atoms with Gasteiger partial charge in [0.25, 0.3) is 11.8 Å². The van der Waals surface area contributed by atoms with Crippen LogP contribution in [0.5, 0.6) is 0 Å². The van der Waals surface area contributed by atoms with E-state index < -0.39 is 11.8 Å². The molecule has 122 valence electrons. The van der Waals surface area contributed by atoms with Crippen LogP contribution in [0.4, 0.5) is 0 Å². The molecule has 1 N–H and O–H groups in total. The maximum absolute atomic E-state index is 12.2. The second kappa shape index (κ2) is 5.77. The normalized spacial score (nSPS) is 22.3. The molecule has 23 heavy (non-hydrogen) atoms. The van der Waals surface area contributed by atoms with E-state index in [1.165, 1.54) is 0 Å². The molecular formula is C17H20N2O4. The maximum Gasteiger partial charge on any atom is 0.262 e. The van der Waals surface area contributed by atoms with Crippen LogP contribution in [0.15, 0.2) is 24.3 Å². The molecule has 0 bridgehead atoms. The van der Waals surface area contributed by atoms with Gasteiger partial charge in [-0.05, 0) is 38.8 Å². The summed E-state index contributed by atoms with van der Waals surface area (Å²) in [6.45, 7) is 4.18. The van der Waals surface area contributed by atoms with Crippen molar-refractivity contribution in [2.45, 2.75) is 38.4 Å². The average Bonchev–Trinajstić information content (AvgIpc) is 2.98. The summed E-state index contributed by atoms with van der Waals surface area (Å²) in [5.74, 6) is -1.19. The summed E-state index contributed by atoms with van der Waals surface area (Å²) in [6, 6.07) is 6.60. The number of nitrogens with one attached hydrogen (secondary N) is 1. The summed E-state index contributed by atoms with van der Waals surface area (Å²) in [5, 5.41) is 2.75. The van der Waals surface area contributed by atoms with Crippen LogP contribution in [0.25, 0.3) is 0 Å². The van der Waals surface area contributed by atoms with Gasteiger partial charge < -0.3 is 10.1 Å². The Morgan fingerprint density at radius 2 is 1.87 bits per heavy atom. The van der Waals surface area contributed by atoms with Gasteiger partial charge in [-0.2, -0.15) is 0 Å². The number of ether oxygens (including phenoxy) is 1. The molecule has 2 aliphatic heterocycles. The first-order valence-electron chi connectivity index (χ1n) is 7.77. The Hall–Kier alpha value is -2.21. The quantitative estimate of drug-likeness (QED) is 0.851. The van der Waals surface area contributed by atoms with Crippen molar-refractivity contribution in [3.05, 3.63) is 35.4 Å². The highest BCUT2D eigenvalue weighted by molar-refractivity contribution is 6.22. The highest BCUT2D eigenvalue weighted by Crippen LogP contribution is 2.28. The first kappa shape index (κ1) is 15.7. The van der Waals surface area contributed by atoms with Crippen LogP contribution in [0.3, 0.4) is 0 Å². The third-order valence-electron chi connectivity index (χ3n) is 4.26. The van der Waals surface area contributed by atoms with Crippen LogP contribution in [0, 0.1) is 0 Å². The molecule has 6 heteroatoms. The van der Waals surface area contributed by atoms with Gasteiger partial charge in [0.05, 0.1) is 22.8 Å². The van der Waals surface area contributed by atoms with E-state index in [1.54, 1.807) is 24.3 Å². The first-order chi connectivity index (χ1) is 10.9. The molecule has 6 nitrogen and oxygen atoms in total. The number of carbonyl (C=O) groups is 3. The summed E-state index contributed by atoms with van der Waals surface area (Å²) < 4.78 is 5.80. The third kappa shape index (κ3) is 3.12. The topological polar surface area (TPSA) is 75.7 Å². The molecule has 1 atom stereocenters. The number of amides is 3. The minimum absolute atomic E-state index is 0.0175. The molecule has 1 aromatic carbocycles. The lowest BCUT2D eigenvalue weighted by Gasteiger charge is -2.20. The van der Waals surface area contributed by atoms with Crippen LogP contribution in [0.2, 0.25) is 0 Å². The predicted molar refractivity (Wildman–Crippen MR) is 83.0 cm³/mol. The minimum Gasteiger partial charge on any atom is -0.371 e. The number of rotatable bonds is 4. The van der Waals surface area contributed by atoms with Gasteiger partial charge in [0.15, 0.2) is 0 Å². The fraction of sp³-hybridized carbons (Fsp3) is 0.471. The van der Waals surface area contributed by atoms with Gasteiger partial charge in [0.1, 0.15) is 6.54 Å². The van der Waals surface area contributed by atoms with Gasteiger partial charge >= 0.3 is 0 Å². The van der Waals surface area contributed by atoms with Gasteiger partial charge in [0.2, 0.25) is 5.91 Å². The van der Waals surface area contributed by atoms with Crippen LogP contribution in [-0.4, -0.2) is 47.4 Å². The molecule has 0 aromatic heterocycles. The summed E-state index contributed by atoms with van der Waals surface area (Å²) in [5.41, 5.74) is 0.551. The molecule has 3 amide bonds. The molecule has 0 saturated carbocycles. The molecule has 0 radical (unpaired) electrons. The zero-order chi connectivity index (χ0) is 16.6. The van der Waals surface area contributed by atoms with Crippen molar-refractivity contribution >= 4 is 17.7 Å². The molecule has 0 spiro atoms. The maximum atomic E-state index is 12.2. The molecule has 1 aromatic rings. The number of hydrogen-bond donors (Lipinski definition) is 1. The fourth-order valence-corrected chi connectivity index (χ4v) is 3.03. The molecule has 0 unspecified atom stereocenters. The third-order valence-corrected chi connectivity index (χ3v) is 4.26. The van der Waals surface area contributed by atoms with Gasteiger partial charge in [0, 0.05) is 6.54 Å². The SMILES string of the molecule is CC1(C)CC[C@H](CNC(=O)CN2C(=O)c3ccccc3C2=O)O1. The minimum atomic E-state index is -0.418. The second-order valence-electron chi connectivity index (χ2n) is 6.58. The van der Waals surface area contributed by atoms with E-state index in [1.807, 2.05) is 13.8 Å². The van der Waals surface area contributed by atoms with Crippen molar-refractivity contribution in [2.75, 3.05) is 13.1 Å². The van der Waals surface area contributed by atoms with Crippen molar-refractivity contribution in [3.63, 3.8) is 0 Å². The van der Waals surface area contributed by atoms with E-state index in [2.05, 4.69) is 5.32 Å². The molecule has 1 saturated heterocycles. The van der Waals surface area contributed by atoms with Gasteiger partial charge in [-0.25, -0.2) is 0 Å². The summed E-state index contributed by atoms with van der Waals surface area (Å²) in [4.78, 5) is 37.4. The Kier molecular flexibility index (Phi) is 3.93. The first-order valence-corrected chi connectivity index (χ1v) is 7.77. The van der Waals surface area contributed by atoms with E-state index in [4.69, 9.17) is 4.74 Å². The van der Waals surface area contributed by atoms with Crippen molar-refractivity contribution in [1.82, 2.24) is 10.2 Å². The Morgan fingerprint density at radius 1 is 1.26 bits per heavy atom. The van der Waals surface area contributed by atoms with Crippen molar-refractivity contribution in [2.24, 2.45) is 0 Å². The van der Waals surface area contributed by atoms with Crippen molar-refractivity contribution in [3.8, 4) is 0 Å².